The van der Waals surface area contributed by atoms with Crippen LogP contribution in [-0.4, -0.2) is 25.5 Å². The van der Waals surface area contributed by atoms with Gasteiger partial charge in [0, 0.05) is 12.6 Å². The predicted octanol–water partition coefficient (Wildman–Crippen LogP) is 2.81. The normalized spacial score (nSPS) is 11.8. The molecule has 0 fully saturated rings. The summed E-state index contributed by atoms with van der Waals surface area (Å²) in [5.74, 6) is -0.190. The standard InChI is InChI=1S/C9H12Cl2N2OS.ClH/c1-5(12-2)4-13-9(14)6-3-7(10)15-8(6)11;/h3,5,12H,4H2,1-2H3,(H,13,14);1H. The minimum absolute atomic E-state index is 0. The van der Waals surface area contributed by atoms with Crippen molar-refractivity contribution in [2.24, 2.45) is 0 Å². The SMILES string of the molecule is CNC(C)CNC(=O)c1cc(Cl)sc1Cl.Cl. The molecule has 0 bridgehead atoms. The summed E-state index contributed by atoms with van der Waals surface area (Å²) in [4.78, 5) is 11.6. The van der Waals surface area contributed by atoms with Crippen LogP contribution in [0.5, 0.6) is 0 Å². The Balaban J connectivity index is 0.00000225. The van der Waals surface area contributed by atoms with E-state index < -0.39 is 0 Å². The van der Waals surface area contributed by atoms with Crippen molar-refractivity contribution in [1.29, 1.82) is 0 Å². The molecule has 0 aliphatic rings. The number of likely N-dealkylation sites (N-methyl/N-ethyl adjacent to an activating group) is 1. The molecule has 3 nitrogen and oxygen atoms in total. The first-order chi connectivity index (χ1) is 7.04. The zero-order valence-electron chi connectivity index (χ0n) is 8.84. The molecule has 1 atom stereocenters. The third kappa shape index (κ3) is 4.47. The lowest BCUT2D eigenvalue weighted by atomic mass is 10.3. The number of carbonyl (C=O) groups is 1. The van der Waals surface area contributed by atoms with E-state index in [0.717, 1.165) is 0 Å². The second kappa shape index (κ2) is 7.35. The molecule has 0 aromatic carbocycles. The third-order valence-electron chi connectivity index (χ3n) is 1.96. The predicted molar refractivity (Wildman–Crippen MR) is 72.4 cm³/mol. The lowest BCUT2D eigenvalue weighted by Crippen LogP contribution is -2.37. The van der Waals surface area contributed by atoms with Crippen LogP contribution in [0.25, 0.3) is 0 Å². The van der Waals surface area contributed by atoms with E-state index in [4.69, 9.17) is 23.2 Å². The van der Waals surface area contributed by atoms with Gasteiger partial charge in [0.15, 0.2) is 0 Å². The minimum atomic E-state index is -0.190. The van der Waals surface area contributed by atoms with Crippen molar-refractivity contribution in [3.63, 3.8) is 0 Å². The third-order valence-corrected chi connectivity index (χ3v) is 3.45. The molecule has 0 aliphatic heterocycles. The summed E-state index contributed by atoms with van der Waals surface area (Å²) in [5.41, 5.74) is 0.440. The molecule has 0 spiro atoms. The number of carbonyl (C=O) groups excluding carboxylic acids is 1. The Morgan fingerprint density at radius 1 is 1.56 bits per heavy atom. The lowest BCUT2D eigenvalue weighted by molar-refractivity contribution is 0.0951. The molecule has 0 saturated carbocycles. The van der Waals surface area contributed by atoms with E-state index in [1.807, 2.05) is 14.0 Å². The Labute approximate surface area is 115 Å². The van der Waals surface area contributed by atoms with Crippen molar-refractivity contribution >= 4 is 52.9 Å². The topological polar surface area (TPSA) is 41.1 Å². The number of hydrogen-bond donors (Lipinski definition) is 2. The van der Waals surface area contributed by atoms with Crippen molar-refractivity contribution in [2.75, 3.05) is 13.6 Å². The Hall–Kier alpha value is -0.000000000000000222. The molecule has 1 heterocycles. The van der Waals surface area contributed by atoms with Crippen LogP contribution in [0.3, 0.4) is 0 Å². The van der Waals surface area contributed by atoms with E-state index in [0.29, 0.717) is 20.8 Å². The monoisotopic (exact) mass is 302 g/mol. The molecule has 1 rings (SSSR count). The number of thiophene rings is 1. The van der Waals surface area contributed by atoms with E-state index in [2.05, 4.69) is 10.6 Å². The highest BCUT2D eigenvalue weighted by molar-refractivity contribution is 7.20. The van der Waals surface area contributed by atoms with Crippen molar-refractivity contribution in [3.8, 4) is 0 Å². The summed E-state index contributed by atoms with van der Waals surface area (Å²) in [6, 6.07) is 1.80. The molecule has 1 unspecified atom stereocenters. The molecule has 0 saturated heterocycles. The van der Waals surface area contributed by atoms with Gasteiger partial charge >= 0.3 is 0 Å². The summed E-state index contributed by atoms with van der Waals surface area (Å²) in [6.45, 7) is 2.53. The second-order valence-corrected chi connectivity index (χ2v) is 5.42. The van der Waals surface area contributed by atoms with Gasteiger partial charge in [-0.3, -0.25) is 4.79 Å². The van der Waals surface area contributed by atoms with Gasteiger partial charge in [-0.2, -0.15) is 0 Å². The molecule has 2 N–H and O–H groups in total. The number of hydrogen-bond acceptors (Lipinski definition) is 3. The van der Waals surface area contributed by atoms with Crippen LogP contribution in [-0.2, 0) is 0 Å². The van der Waals surface area contributed by atoms with Crippen LogP contribution in [0.4, 0.5) is 0 Å². The maximum absolute atomic E-state index is 11.6. The smallest absolute Gasteiger partial charge is 0.253 e. The van der Waals surface area contributed by atoms with Crippen molar-refractivity contribution in [2.45, 2.75) is 13.0 Å². The average molecular weight is 304 g/mol. The van der Waals surface area contributed by atoms with Gasteiger partial charge in [-0.1, -0.05) is 23.2 Å². The van der Waals surface area contributed by atoms with Gasteiger partial charge in [0.25, 0.3) is 5.91 Å². The number of rotatable bonds is 4. The van der Waals surface area contributed by atoms with Crippen LogP contribution >= 0.6 is 46.9 Å². The maximum Gasteiger partial charge on any atom is 0.253 e. The summed E-state index contributed by atoms with van der Waals surface area (Å²) < 4.78 is 0.946. The van der Waals surface area contributed by atoms with Crippen LogP contribution in [0.1, 0.15) is 17.3 Å². The molecular weight excluding hydrogens is 291 g/mol. The van der Waals surface area contributed by atoms with Gasteiger partial charge in [0.1, 0.15) is 4.34 Å². The number of halogens is 3. The minimum Gasteiger partial charge on any atom is -0.350 e. The van der Waals surface area contributed by atoms with E-state index in [9.17, 15) is 4.79 Å². The summed E-state index contributed by atoms with van der Waals surface area (Å²) in [5, 5.41) is 5.79. The van der Waals surface area contributed by atoms with Gasteiger partial charge in [0.05, 0.1) is 9.90 Å². The van der Waals surface area contributed by atoms with Crippen LogP contribution in [0.15, 0.2) is 6.07 Å². The van der Waals surface area contributed by atoms with Gasteiger partial charge in [-0.15, -0.1) is 23.7 Å². The molecule has 0 radical (unpaired) electrons. The molecule has 1 aromatic heterocycles. The van der Waals surface area contributed by atoms with Gasteiger partial charge in [-0.05, 0) is 20.0 Å². The second-order valence-electron chi connectivity index (χ2n) is 3.14. The van der Waals surface area contributed by atoms with E-state index >= 15 is 0 Å². The first-order valence-corrected chi connectivity index (χ1v) is 6.02. The van der Waals surface area contributed by atoms with Crippen molar-refractivity contribution in [1.82, 2.24) is 10.6 Å². The van der Waals surface area contributed by atoms with E-state index in [-0.39, 0.29) is 24.4 Å². The van der Waals surface area contributed by atoms with Crippen LogP contribution in [0, 0.1) is 0 Å². The highest BCUT2D eigenvalue weighted by Gasteiger charge is 2.14. The van der Waals surface area contributed by atoms with Crippen LogP contribution in [0.2, 0.25) is 8.67 Å². The average Bonchev–Trinajstić information content (AvgIpc) is 2.53. The Bertz CT molecular complexity index is 357. The largest absolute Gasteiger partial charge is 0.350 e. The highest BCUT2D eigenvalue weighted by Crippen LogP contribution is 2.30. The number of nitrogens with one attached hydrogen (secondary N) is 2. The lowest BCUT2D eigenvalue weighted by Gasteiger charge is -2.10. The van der Waals surface area contributed by atoms with E-state index in [1.165, 1.54) is 11.3 Å². The molecule has 16 heavy (non-hydrogen) atoms. The van der Waals surface area contributed by atoms with Crippen molar-refractivity contribution < 1.29 is 4.79 Å². The Morgan fingerprint density at radius 3 is 2.62 bits per heavy atom. The van der Waals surface area contributed by atoms with Crippen molar-refractivity contribution in [3.05, 3.63) is 20.3 Å². The quantitative estimate of drug-likeness (QED) is 0.898. The van der Waals surface area contributed by atoms with Gasteiger partial charge in [0.2, 0.25) is 0 Å². The number of amides is 1. The molecule has 0 aliphatic carbocycles. The molecule has 1 aromatic rings. The van der Waals surface area contributed by atoms with Gasteiger partial charge < -0.3 is 10.6 Å². The Kier molecular flexibility index (Phi) is 7.35. The Morgan fingerprint density at radius 2 is 2.19 bits per heavy atom. The summed E-state index contributed by atoms with van der Waals surface area (Å²) in [7, 11) is 1.84. The fourth-order valence-corrected chi connectivity index (χ4v) is 2.40. The molecule has 92 valence electrons. The fourth-order valence-electron chi connectivity index (χ4n) is 0.938. The first-order valence-electron chi connectivity index (χ1n) is 4.45. The zero-order chi connectivity index (χ0) is 11.4. The fraction of sp³-hybridized carbons (Fsp3) is 0.444. The molecule has 1 amide bonds. The molecule has 7 heteroatoms. The summed E-state index contributed by atoms with van der Waals surface area (Å²) >= 11 is 12.8. The van der Waals surface area contributed by atoms with Crippen LogP contribution < -0.4 is 10.6 Å². The van der Waals surface area contributed by atoms with Gasteiger partial charge in [-0.25, -0.2) is 0 Å². The maximum atomic E-state index is 11.6. The first kappa shape index (κ1) is 16.0. The summed E-state index contributed by atoms with van der Waals surface area (Å²) in [6.07, 6.45) is 0. The highest BCUT2D eigenvalue weighted by atomic mass is 35.5. The molecular formula is C9H13Cl3N2OS. The van der Waals surface area contributed by atoms with E-state index in [1.54, 1.807) is 6.07 Å². The zero-order valence-corrected chi connectivity index (χ0v) is 12.0.